The number of benzene rings is 2. The Hall–Kier alpha value is -1.75. The molecule has 1 atom stereocenters. The van der Waals surface area contributed by atoms with E-state index in [9.17, 15) is 9.90 Å². The summed E-state index contributed by atoms with van der Waals surface area (Å²) in [4.78, 5) is 12.0. The molecule has 0 saturated heterocycles. The van der Waals surface area contributed by atoms with Crippen LogP contribution in [0.15, 0.2) is 41.5 Å². The highest BCUT2D eigenvalue weighted by Crippen LogP contribution is 2.39. The van der Waals surface area contributed by atoms with Crippen LogP contribution in [-0.2, 0) is 4.79 Å². The monoisotopic (exact) mass is 382 g/mol. The lowest BCUT2D eigenvalue weighted by Crippen LogP contribution is -2.24. The first kappa shape index (κ1) is 17.1. The summed E-state index contributed by atoms with van der Waals surface area (Å²) in [6.45, 7) is 1.43. The van der Waals surface area contributed by atoms with Crippen molar-refractivity contribution >= 4 is 46.4 Å². The molecule has 0 radical (unpaired) electrons. The van der Waals surface area contributed by atoms with Gasteiger partial charge in [-0.2, -0.15) is 5.10 Å². The molecule has 3 rings (SSSR count). The third-order valence-electron chi connectivity index (χ3n) is 3.84. The number of rotatable bonds is 2. The van der Waals surface area contributed by atoms with Crippen LogP contribution in [0.5, 0.6) is 5.75 Å². The Morgan fingerprint density at radius 3 is 2.58 bits per heavy atom. The number of hydrazone groups is 1. The van der Waals surface area contributed by atoms with E-state index in [1.165, 1.54) is 18.0 Å². The maximum atomic E-state index is 12.0. The molecular weight excluding hydrogens is 371 g/mol. The second kappa shape index (κ2) is 6.63. The molecule has 7 heteroatoms. The van der Waals surface area contributed by atoms with Gasteiger partial charge in [0, 0.05) is 29.0 Å². The molecule has 1 aliphatic rings. The maximum absolute atomic E-state index is 12.0. The first-order valence-electron chi connectivity index (χ1n) is 7.18. The molecule has 1 aliphatic heterocycles. The minimum absolute atomic E-state index is 0.108. The molecule has 0 aromatic heterocycles. The van der Waals surface area contributed by atoms with Gasteiger partial charge >= 0.3 is 0 Å². The molecule has 0 saturated carbocycles. The second-order valence-electron chi connectivity index (χ2n) is 5.44. The average molecular weight is 384 g/mol. The van der Waals surface area contributed by atoms with E-state index in [-0.39, 0.29) is 22.7 Å². The van der Waals surface area contributed by atoms with Crippen molar-refractivity contribution in [3.05, 3.63) is 62.6 Å². The zero-order valence-electron chi connectivity index (χ0n) is 12.6. The lowest BCUT2D eigenvalue weighted by Gasteiger charge is -2.21. The quantitative estimate of drug-likeness (QED) is 0.789. The summed E-state index contributed by atoms with van der Waals surface area (Å²) in [5.74, 6) is -0.328. The van der Waals surface area contributed by atoms with Gasteiger partial charge < -0.3 is 5.11 Å². The van der Waals surface area contributed by atoms with Crippen LogP contribution >= 0.6 is 34.8 Å². The topological polar surface area (TPSA) is 52.9 Å². The summed E-state index contributed by atoms with van der Waals surface area (Å²) in [6, 6.07) is 9.98. The second-order valence-corrected chi connectivity index (χ2v) is 6.69. The number of aromatic hydroxyl groups is 1. The fourth-order valence-corrected chi connectivity index (χ4v) is 3.49. The van der Waals surface area contributed by atoms with Crippen LogP contribution in [0.4, 0.5) is 0 Å². The molecule has 2 aromatic carbocycles. The van der Waals surface area contributed by atoms with Crippen LogP contribution in [0.2, 0.25) is 15.1 Å². The van der Waals surface area contributed by atoms with E-state index in [1.54, 1.807) is 12.1 Å². The van der Waals surface area contributed by atoms with Crippen molar-refractivity contribution in [2.45, 2.75) is 19.4 Å². The molecular formula is C17H13Cl3N2O2. The molecule has 0 spiro atoms. The molecule has 0 aliphatic carbocycles. The predicted molar refractivity (Wildman–Crippen MR) is 96.0 cm³/mol. The Morgan fingerprint density at radius 1 is 1.21 bits per heavy atom. The normalized spacial score (nSPS) is 17.1. The van der Waals surface area contributed by atoms with Gasteiger partial charge in [-0.3, -0.25) is 4.79 Å². The van der Waals surface area contributed by atoms with Gasteiger partial charge in [-0.15, -0.1) is 0 Å². The van der Waals surface area contributed by atoms with E-state index in [4.69, 9.17) is 34.8 Å². The van der Waals surface area contributed by atoms with Crippen molar-refractivity contribution < 1.29 is 9.90 Å². The molecule has 1 unspecified atom stereocenters. The Labute approximate surface area is 154 Å². The van der Waals surface area contributed by atoms with Gasteiger partial charge in [0.25, 0.3) is 0 Å². The third kappa shape index (κ3) is 3.09. The fraction of sp³-hybridized carbons (Fsp3) is 0.176. The van der Waals surface area contributed by atoms with Crippen molar-refractivity contribution in [2.75, 3.05) is 0 Å². The molecule has 124 valence electrons. The van der Waals surface area contributed by atoms with E-state index in [2.05, 4.69) is 5.10 Å². The van der Waals surface area contributed by atoms with Gasteiger partial charge in [0.2, 0.25) is 5.91 Å². The number of phenolic OH excluding ortho intramolecular Hbond substituents is 1. The van der Waals surface area contributed by atoms with Gasteiger partial charge in [-0.05, 0) is 23.8 Å². The molecule has 4 nitrogen and oxygen atoms in total. The smallest absolute Gasteiger partial charge is 0.240 e. The minimum atomic E-state index is -0.344. The molecule has 1 heterocycles. The standard InChI is InChI=1S/C17H13Cl3N2O2/c1-9(23)22-16(11-4-2-3-5-13(11)19)8-15(21-22)12-6-10(18)7-14(20)17(12)24/h2-7,16,24H,8H2,1H3. The highest BCUT2D eigenvalue weighted by molar-refractivity contribution is 6.36. The van der Waals surface area contributed by atoms with E-state index in [0.717, 1.165) is 5.56 Å². The fourth-order valence-electron chi connectivity index (χ4n) is 2.74. The summed E-state index contributed by atoms with van der Waals surface area (Å²) in [5.41, 5.74) is 1.73. The van der Waals surface area contributed by atoms with Gasteiger partial charge in [-0.1, -0.05) is 53.0 Å². The van der Waals surface area contributed by atoms with Crippen LogP contribution < -0.4 is 0 Å². The zero-order chi connectivity index (χ0) is 17.4. The average Bonchev–Trinajstić information content (AvgIpc) is 2.96. The van der Waals surface area contributed by atoms with Crippen molar-refractivity contribution in [1.29, 1.82) is 0 Å². The SMILES string of the molecule is CC(=O)N1N=C(c2cc(Cl)cc(Cl)c2O)CC1c1ccccc1Cl. The van der Waals surface area contributed by atoms with Crippen LogP contribution in [0.3, 0.4) is 0 Å². The van der Waals surface area contributed by atoms with Crippen LogP contribution in [0.1, 0.15) is 30.5 Å². The number of hydrogen-bond donors (Lipinski definition) is 1. The summed E-state index contributed by atoms with van der Waals surface area (Å²) in [5, 5.41) is 17.0. The number of nitrogens with zero attached hydrogens (tertiary/aromatic N) is 2. The molecule has 24 heavy (non-hydrogen) atoms. The molecule has 0 bridgehead atoms. The highest BCUT2D eigenvalue weighted by atomic mass is 35.5. The van der Waals surface area contributed by atoms with Gasteiger partial charge in [0.1, 0.15) is 5.75 Å². The van der Waals surface area contributed by atoms with Crippen molar-refractivity contribution in [3.63, 3.8) is 0 Å². The van der Waals surface area contributed by atoms with Crippen molar-refractivity contribution in [3.8, 4) is 5.75 Å². The van der Waals surface area contributed by atoms with Crippen LogP contribution in [0, 0.1) is 0 Å². The zero-order valence-corrected chi connectivity index (χ0v) is 14.9. The number of carbonyl (C=O) groups excluding carboxylic acids is 1. The third-order valence-corrected chi connectivity index (χ3v) is 4.69. The molecule has 1 amide bonds. The Balaban J connectivity index is 2.05. The first-order valence-corrected chi connectivity index (χ1v) is 8.32. The summed E-state index contributed by atoms with van der Waals surface area (Å²) in [7, 11) is 0. The van der Waals surface area contributed by atoms with Crippen molar-refractivity contribution in [1.82, 2.24) is 5.01 Å². The first-order chi connectivity index (χ1) is 11.4. The number of halogens is 3. The van der Waals surface area contributed by atoms with Crippen LogP contribution in [-0.4, -0.2) is 21.7 Å². The maximum Gasteiger partial charge on any atom is 0.240 e. The predicted octanol–water partition coefficient (Wildman–Crippen LogP) is 5.05. The Kier molecular flexibility index (Phi) is 4.72. The summed E-state index contributed by atoms with van der Waals surface area (Å²) < 4.78 is 0. The lowest BCUT2D eigenvalue weighted by molar-refractivity contribution is -0.130. The van der Waals surface area contributed by atoms with E-state index in [0.29, 0.717) is 27.7 Å². The molecule has 0 fully saturated rings. The van der Waals surface area contributed by atoms with Crippen LogP contribution in [0.25, 0.3) is 0 Å². The van der Waals surface area contributed by atoms with E-state index >= 15 is 0 Å². The Bertz CT molecular complexity index is 852. The molecule has 2 aromatic rings. The van der Waals surface area contributed by atoms with Gasteiger partial charge in [0.05, 0.1) is 16.8 Å². The number of phenols is 1. The number of hydrogen-bond acceptors (Lipinski definition) is 3. The summed E-state index contributed by atoms with van der Waals surface area (Å²) >= 11 is 18.3. The van der Waals surface area contributed by atoms with E-state index < -0.39 is 0 Å². The minimum Gasteiger partial charge on any atom is -0.506 e. The summed E-state index contributed by atoms with van der Waals surface area (Å²) in [6.07, 6.45) is 0.396. The van der Waals surface area contributed by atoms with Gasteiger partial charge in [0.15, 0.2) is 0 Å². The van der Waals surface area contributed by atoms with Gasteiger partial charge in [-0.25, -0.2) is 5.01 Å². The number of carbonyl (C=O) groups is 1. The highest BCUT2D eigenvalue weighted by Gasteiger charge is 2.33. The van der Waals surface area contributed by atoms with E-state index in [1.807, 2.05) is 18.2 Å². The number of amides is 1. The molecule has 1 N–H and O–H groups in total. The Morgan fingerprint density at radius 2 is 1.92 bits per heavy atom. The largest absolute Gasteiger partial charge is 0.506 e. The van der Waals surface area contributed by atoms with Crippen molar-refractivity contribution in [2.24, 2.45) is 5.10 Å². The lowest BCUT2D eigenvalue weighted by atomic mass is 9.98.